The molecule has 7 nitrogen and oxygen atoms in total. The number of thiol groups is 1. The van der Waals surface area contributed by atoms with Crippen molar-refractivity contribution < 1.29 is 22.3 Å². The summed E-state index contributed by atoms with van der Waals surface area (Å²) < 4.78 is 38.1. The van der Waals surface area contributed by atoms with Crippen molar-refractivity contribution in [3.8, 4) is 5.88 Å². The highest BCUT2D eigenvalue weighted by molar-refractivity contribution is 9.10. The van der Waals surface area contributed by atoms with E-state index in [1.165, 1.54) is 19.3 Å². The molecule has 23 heavy (non-hydrogen) atoms. The van der Waals surface area contributed by atoms with E-state index in [9.17, 15) is 0 Å². The van der Waals surface area contributed by atoms with Crippen LogP contribution in [0.15, 0.2) is 22.8 Å². The van der Waals surface area contributed by atoms with Crippen LogP contribution in [0.3, 0.4) is 0 Å². The highest BCUT2D eigenvalue weighted by Gasteiger charge is 1.95. The van der Waals surface area contributed by atoms with Gasteiger partial charge in [-0.25, -0.2) is 4.98 Å². The molecule has 134 valence electrons. The lowest BCUT2D eigenvalue weighted by molar-refractivity contribution is 0.293. The normalized spacial score (nSPS) is 10.8. The standard InChI is InChI=1S/C13H21BrN2OS.H2O4S/c14-12-5-6-13(16-11-12)17-9-4-2-1-3-7-15-8-10-18;1-5(2,3)4/h5-6,11,15,18H,1-4,7-10H2;(H2,1,2,3,4). The Labute approximate surface area is 151 Å². The number of nitrogens with zero attached hydrogens (tertiary/aromatic N) is 1. The molecular weight excluding hydrogens is 408 g/mol. The Morgan fingerprint density at radius 2 is 1.83 bits per heavy atom. The zero-order valence-corrected chi connectivity index (χ0v) is 16.0. The maximum absolute atomic E-state index is 8.74. The van der Waals surface area contributed by atoms with Crippen LogP contribution in [0, 0.1) is 0 Å². The van der Waals surface area contributed by atoms with Crippen LogP contribution in [0.5, 0.6) is 5.88 Å². The van der Waals surface area contributed by atoms with Gasteiger partial charge in [0, 0.05) is 29.0 Å². The van der Waals surface area contributed by atoms with Crippen molar-refractivity contribution in [3.63, 3.8) is 0 Å². The number of hydrogen-bond donors (Lipinski definition) is 4. The molecule has 0 saturated carbocycles. The summed E-state index contributed by atoms with van der Waals surface area (Å²) in [6, 6.07) is 3.82. The first-order valence-electron chi connectivity index (χ1n) is 7.08. The fourth-order valence-electron chi connectivity index (χ4n) is 1.53. The van der Waals surface area contributed by atoms with Crippen LogP contribution < -0.4 is 10.1 Å². The number of unbranched alkanes of at least 4 members (excludes halogenated alkanes) is 3. The Morgan fingerprint density at radius 1 is 1.17 bits per heavy atom. The molecule has 1 rings (SSSR count). The Bertz CT molecular complexity index is 492. The summed E-state index contributed by atoms with van der Waals surface area (Å²) >= 11 is 7.49. The molecule has 0 amide bonds. The average Bonchev–Trinajstić information content (AvgIpc) is 2.46. The van der Waals surface area contributed by atoms with E-state index in [1.54, 1.807) is 6.20 Å². The topological polar surface area (TPSA) is 109 Å². The van der Waals surface area contributed by atoms with Crippen LogP contribution in [-0.4, -0.2) is 48.0 Å². The lowest BCUT2D eigenvalue weighted by atomic mass is 10.2. The molecule has 10 heteroatoms. The molecule has 0 spiro atoms. The average molecular weight is 431 g/mol. The minimum absolute atomic E-state index is 0.702. The van der Waals surface area contributed by atoms with E-state index in [4.69, 9.17) is 22.3 Å². The summed E-state index contributed by atoms with van der Waals surface area (Å²) in [5, 5.41) is 3.34. The second kappa shape index (κ2) is 14.0. The molecule has 0 radical (unpaired) electrons. The Hall–Kier alpha value is -0.390. The molecule has 0 bridgehead atoms. The van der Waals surface area contributed by atoms with Crippen LogP contribution >= 0.6 is 28.6 Å². The molecule has 1 heterocycles. The third kappa shape index (κ3) is 19.6. The van der Waals surface area contributed by atoms with Gasteiger partial charge in [0.15, 0.2) is 0 Å². The van der Waals surface area contributed by atoms with Gasteiger partial charge in [-0.05, 0) is 41.4 Å². The van der Waals surface area contributed by atoms with Crippen molar-refractivity contribution >= 4 is 39.0 Å². The highest BCUT2D eigenvalue weighted by atomic mass is 79.9. The van der Waals surface area contributed by atoms with Crippen LogP contribution in [0.1, 0.15) is 25.7 Å². The number of pyridine rings is 1. The Morgan fingerprint density at radius 3 is 2.39 bits per heavy atom. The molecule has 0 aliphatic heterocycles. The lowest BCUT2D eigenvalue weighted by Gasteiger charge is -2.05. The second-order valence-corrected chi connectivity index (χ2v) is 6.76. The number of ether oxygens (including phenoxy) is 1. The first kappa shape index (κ1) is 22.6. The second-order valence-electron chi connectivity index (χ2n) is 4.50. The molecule has 0 atom stereocenters. The van der Waals surface area contributed by atoms with Crippen molar-refractivity contribution in [1.82, 2.24) is 10.3 Å². The minimum atomic E-state index is -4.67. The molecule has 1 aromatic heterocycles. The maximum Gasteiger partial charge on any atom is 0.394 e. The zero-order valence-electron chi connectivity index (χ0n) is 12.7. The summed E-state index contributed by atoms with van der Waals surface area (Å²) in [5.74, 6) is 1.61. The first-order chi connectivity index (χ1) is 10.8. The van der Waals surface area contributed by atoms with Gasteiger partial charge in [0.25, 0.3) is 0 Å². The number of nitrogens with one attached hydrogen (secondary N) is 1. The largest absolute Gasteiger partial charge is 0.478 e. The van der Waals surface area contributed by atoms with Crippen molar-refractivity contribution in [2.24, 2.45) is 0 Å². The molecule has 0 unspecified atom stereocenters. The van der Waals surface area contributed by atoms with Gasteiger partial charge < -0.3 is 10.1 Å². The molecular formula is C13H23BrN2O5S2. The predicted octanol–water partition coefficient (Wildman–Crippen LogP) is 2.65. The maximum atomic E-state index is 8.74. The van der Waals surface area contributed by atoms with Gasteiger partial charge >= 0.3 is 10.4 Å². The smallest absolute Gasteiger partial charge is 0.394 e. The highest BCUT2D eigenvalue weighted by Crippen LogP contribution is 2.12. The summed E-state index contributed by atoms with van der Waals surface area (Å²) in [7, 11) is -4.67. The Kier molecular flexibility index (Phi) is 13.8. The van der Waals surface area contributed by atoms with Gasteiger partial charge in [-0.2, -0.15) is 21.0 Å². The summed E-state index contributed by atoms with van der Waals surface area (Å²) in [6.07, 6.45) is 6.52. The minimum Gasteiger partial charge on any atom is -0.478 e. The van der Waals surface area contributed by atoms with Crippen molar-refractivity contribution in [2.75, 3.05) is 25.4 Å². The van der Waals surface area contributed by atoms with Crippen molar-refractivity contribution in [1.29, 1.82) is 0 Å². The van der Waals surface area contributed by atoms with Gasteiger partial charge in [0.2, 0.25) is 5.88 Å². The third-order valence-corrected chi connectivity index (χ3v) is 3.18. The van der Waals surface area contributed by atoms with E-state index in [1.807, 2.05) is 12.1 Å². The SMILES string of the molecule is O=S(=O)(O)O.SCCNCCCCCCOc1ccc(Br)cn1. The first-order valence-corrected chi connectivity index (χ1v) is 9.91. The lowest BCUT2D eigenvalue weighted by Crippen LogP contribution is -2.17. The van der Waals surface area contributed by atoms with Crippen LogP contribution in [0.2, 0.25) is 0 Å². The van der Waals surface area contributed by atoms with Gasteiger partial charge in [0.1, 0.15) is 0 Å². The van der Waals surface area contributed by atoms with E-state index in [0.717, 1.165) is 36.3 Å². The number of hydrogen-bond acceptors (Lipinski definition) is 6. The molecule has 0 saturated heterocycles. The molecule has 0 aliphatic rings. The number of aromatic nitrogens is 1. The van der Waals surface area contributed by atoms with E-state index in [0.29, 0.717) is 5.88 Å². The van der Waals surface area contributed by atoms with Crippen LogP contribution in [0.4, 0.5) is 0 Å². The molecule has 0 aliphatic carbocycles. The van der Waals surface area contributed by atoms with E-state index < -0.39 is 10.4 Å². The summed E-state index contributed by atoms with van der Waals surface area (Å²) in [6.45, 7) is 2.84. The zero-order chi connectivity index (χ0) is 17.6. The van der Waals surface area contributed by atoms with Gasteiger partial charge in [-0.15, -0.1) is 0 Å². The third-order valence-electron chi connectivity index (χ3n) is 2.49. The number of halogens is 1. The fourth-order valence-corrected chi connectivity index (χ4v) is 1.93. The van der Waals surface area contributed by atoms with Crippen molar-refractivity contribution in [3.05, 3.63) is 22.8 Å². The van der Waals surface area contributed by atoms with Gasteiger partial charge in [0.05, 0.1) is 6.61 Å². The molecule has 3 N–H and O–H groups in total. The van der Waals surface area contributed by atoms with Gasteiger partial charge in [-0.1, -0.05) is 12.8 Å². The molecule has 0 fully saturated rings. The monoisotopic (exact) mass is 430 g/mol. The fraction of sp³-hybridized carbons (Fsp3) is 0.615. The van der Waals surface area contributed by atoms with Crippen molar-refractivity contribution in [2.45, 2.75) is 25.7 Å². The molecule has 0 aromatic carbocycles. The van der Waals surface area contributed by atoms with E-state index in [2.05, 4.69) is 38.9 Å². The number of rotatable bonds is 10. The van der Waals surface area contributed by atoms with E-state index in [-0.39, 0.29) is 0 Å². The predicted molar refractivity (Wildman–Crippen MR) is 96.8 cm³/mol. The van der Waals surface area contributed by atoms with E-state index >= 15 is 0 Å². The summed E-state index contributed by atoms with van der Waals surface area (Å²) in [5.41, 5.74) is 0. The summed E-state index contributed by atoms with van der Waals surface area (Å²) in [4.78, 5) is 4.16. The van der Waals surface area contributed by atoms with Gasteiger partial charge in [-0.3, -0.25) is 9.11 Å². The van der Waals surface area contributed by atoms with Crippen LogP contribution in [-0.2, 0) is 10.4 Å². The quantitative estimate of drug-likeness (QED) is 0.256. The molecule has 1 aromatic rings. The Balaban J connectivity index is 0.000000841. The van der Waals surface area contributed by atoms with Crippen LogP contribution in [0.25, 0.3) is 0 Å².